The quantitative estimate of drug-likeness (QED) is 0.540. The Kier molecular flexibility index (Phi) is 6.92. The van der Waals surface area contributed by atoms with Crippen LogP contribution in [0.1, 0.15) is 66.3 Å². The van der Waals surface area contributed by atoms with Crippen molar-refractivity contribution in [3.8, 4) is 5.75 Å². The van der Waals surface area contributed by atoms with Crippen LogP contribution >= 0.6 is 0 Å². The number of pyridine rings is 1. The van der Waals surface area contributed by atoms with Gasteiger partial charge >= 0.3 is 0 Å². The molecule has 1 fully saturated rings. The number of ether oxygens (including phenoxy) is 1. The molecule has 2 amide bonds. The molecule has 0 radical (unpaired) electrons. The molecule has 8 heteroatoms. The second-order valence-corrected chi connectivity index (χ2v) is 10.8. The average molecular weight is 504 g/mol. The predicted molar refractivity (Wildman–Crippen MR) is 143 cm³/mol. The second kappa shape index (κ2) is 10.1. The number of rotatable bonds is 1. The van der Waals surface area contributed by atoms with Gasteiger partial charge in [0.05, 0.1) is 16.6 Å². The summed E-state index contributed by atoms with van der Waals surface area (Å²) in [6, 6.07) is 9.90. The first kappa shape index (κ1) is 25.2. The normalized spacial score (nSPS) is 20.5. The summed E-state index contributed by atoms with van der Waals surface area (Å²) < 4.78 is 7.78. The van der Waals surface area contributed by atoms with Gasteiger partial charge in [-0.05, 0) is 76.0 Å². The maximum Gasteiger partial charge on any atom is 0.260 e. The molecule has 37 heavy (non-hydrogen) atoms. The summed E-state index contributed by atoms with van der Waals surface area (Å²) in [4.78, 5) is 33.2. The van der Waals surface area contributed by atoms with Crippen LogP contribution in [0.3, 0.4) is 0 Å². The van der Waals surface area contributed by atoms with Crippen molar-refractivity contribution < 1.29 is 14.3 Å². The first-order valence-electron chi connectivity index (χ1n) is 13.4. The van der Waals surface area contributed by atoms with Gasteiger partial charge in [0.15, 0.2) is 11.8 Å². The lowest BCUT2D eigenvalue weighted by Crippen LogP contribution is -2.49. The van der Waals surface area contributed by atoms with Gasteiger partial charge in [-0.2, -0.15) is 5.10 Å². The Labute approximate surface area is 218 Å². The molecular weight excluding hydrogens is 466 g/mol. The third-order valence-corrected chi connectivity index (χ3v) is 8.12. The largest absolute Gasteiger partial charge is 0.481 e. The third-order valence-electron chi connectivity index (χ3n) is 8.12. The van der Waals surface area contributed by atoms with Crippen LogP contribution in [0.15, 0.2) is 30.3 Å². The maximum absolute atomic E-state index is 13.7. The summed E-state index contributed by atoms with van der Waals surface area (Å²) in [5.41, 5.74) is 4.20. The van der Waals surface area contributed by atoms with Crippen LogP contribution in [0, 0.1) is 19.3 Å². The van der Waals surface area contributed by atoms with E-state index < -0.39 is 6.10 Å². The monoisotopic (exact) mass is 503 g/mol. The molecule has 0 unspecified atom stereocenters. The lowest BCUT2D eigenvalue weighted by atomic mass is 9.74. The molecule has 1 atom stereocenters. The van der Waals surface area contributed by atoms with E-state index in [4.69, 9.17) is 4.74 Å². The van der Waals surface area contributed by atoms with Gasteiger partial charge in [0.25, 0.3) is 11.8 Å². The van der Waals surface area contributed by atoms with Crippen molar-refractivity contribution >= 4 is 22.8 Å². The van der Waals surface area contributed by atoms with Crippen molar-refractivity contribution in [2.45, 2.75) is 65.4 Å². The molecule has 4 heterocycles. The molecule has 0 saturated carbocycles. The van der Waals surface area contributed by atoms with Crippen LogP contribution in [0.4, 0.5) is 0 Å². The van der Waals surface area contributed by atoms with Gasteiger partial charge in [-0.3, -0.25) is 14.3 Å². The van der Waals surface area contributed by atoms with Crippen LogP contribution in [-0.2, 0) is 18.3 Å². The van der Waals surface area contributed by atoms with Crippen molar-refractivity contribution in [3.63, 3.8) is 0 Å². The number of carbonyl (C=O) groups is 2. The van der Waals surface area contributed by atoms with Gasteiger partial charge in [-0.1, -0.05) is 24.6 Å². The van der Waals surface area contributed by atoms with E-state index in [0.717, 1.165) is 72.3 Å². The fourth-order valence-corrected chi connectivity index (χ4v) is 5.91. The Hall–Kier alpha value is -3.42. The van der Waals surface area contributed by atoms with E-state index in [1.165, 1.54) is 0 Å². The number of hydrogen-bond acceptors (Lipinski definition) is 5. The molecule has 2 aromatic heterocycles. The number of fused-ring (bicyclic) bond motifs is 2. The number of carbonyl (C=O) groups excluding carboxylic acids is 2. The van der Waals surface area contributed by atoms with E-state index in [2.05, 4.69) is 21.5 Å². The molecule has 1 spiro atoms. The SMILES string of the molecule is Cc1cc(C(=O)N2CCC3(CCCCc4ccccc4O[C@H](C)C(=O)NC3)CC2)c2c(C)nn(C)c2n1. The van der Waals surface area contributed by atoms with Crippen molar-refractivity contribution in [2.75, 3.05) is 19.6 Å². The molecule has 0 aliphatic carbocycles. The second-order valence-electron chi connectivity index (χ2n) is 10.8. The standard InChI is InChI=1S/C29H37N5O3/c1-19-17-23(25-20(2)32-33(4)26(25)31-19)28(36)34-15-13-29(14-16-34)12-8-7-10-22-9-5-6-11-24(22)37-21(3)27(35)30-18-29/h5-6,9,11,17,21H,7-8,10,12-16,18H2,1-4H3,(H,30,35)/t21-/m1/s1. The zero-order valence-electron chi connectivity index (χ0n) is 22.3. The number of likely N-dealkylation sites (tertiary alicyclic amines) is 1. The van der Waals surface area contributed by atoms with Crippen LogP contribution in [-0.4, -0.2) is 57.2 Å². The summed E-state index contributed by atoms with van der Waals surface area (Å²) in [5, 5.41) is 8.51. The highest BCUT2D eigenvalue weighted by Crippen LogP contribution is 2.38. The number of para-hydroxylation sites is 1. The zero-order chi connectivity index (χ0) is 26.2. The summed E-state index contributed by atoms with van der Waals surface area (Å²) in [6.07, 6.45) is 5.29. The Morgan fingerprint density at radius 1 is 1.14 bits per heavy atom. The van der Waals surface area contributed by atoms with Gasteiger partial charge in [-0.25, -0.2) is 4.98 Å². The van der Waals surface area contributed by atoms with E-state index in [1.54, 1.807) is 4.68 Å². The Bertz CT molecular complexity index is 1320. The zero-order valence-corrected chi connectivity index (χ0v) is 22.3. The van der Waals surface area contributed by atoms with E-state index in [0.29, 0.717) is 25.2 Å². The summed E-state index contributed by atoms with van der Waals surface area (Å²) in [6.45, 7) is 7.61. The number of nitrogens with one attached hydrogen (secondary N) is 1. The fourth-order valence-electron chi connectivity index (χ4n) is 5.91. The number of aromatic nitrogens is 3. The average Bonchev–Trinajstić information content (AvgIpc) is 3.17. The molecular formula is C29H37N5O3. The number of piperidine rings is 1. The Morgan fingerprint density at radius 2 is 1.89 bits per heavy atom. The van der Waals surface area contributed by atoms with Crippen LogP contribution in [0.25, 0.3) is 11.0 Å². The minimum absolute atomic E-state index is 0.0153. The highest BCUT2D eigenvalue weighted by molar-refractivity contribution is 6.06. The number of benzene rings is 1. The van der Waals surface area contributed by atoms with E-state index in [-0.39, 0.29) is 17.2 Å². The van der Waals surface area contributed by atoms with Crippen LogP contribution in [0.5, 0.6) is 5.75 Å². The number of hydrogen-bond donors (Lipinski definition) is 1. The Morgan fingerprint density at radius 3 is 2.68 bits per heavy atom. The molecule has 1 aromatic carbocycles. The Balaban J connectivity index is 1.32. The highest BCUT2D eigenvalue weighted by atomic mass is 16.5. The summed E-state index contributed by atoms with van der Waals surface area (Å²) in [5.74, 6) is 0.754. The van der Waals surface area contributed by atoms with Gasteiger partial charge in [0.2, 0.25) is 0 Å². The van der Waals surface area contributed by atoms with Gasteiger partial charge in [0.1, 0.15) is 5.75 Å². The number of aryl methyl sites for hydroxylation is 4. The summed E-state index contributed by atoms with van der Waals surface area (Å²) in [7, 11) is 1.86. The minimum atomic E-state index is -0.556. The van der Waals surface area contributed by atoms with Gasteiger partial charge in [0, 0.05) is 32.4 Å². The fraction of sp³-hybridized carbons (Fsp3) is 0.517. The van der Waals surface area contributed by atoms with E-state index >= 15 is 0 Å². The van der Waals surface area contributed by atoms with Crippen molar-refractivity contribution in [1.29, 1.82) is 0 Å². The van der Waals surface area contributed by atoms with Crippen molar-refractivity contribution in [2.24, 2.45) is 12.5 Å². The number of nitrogens with zero attached hydrogens (tertiary/aromatic N) is 4. The van der Waals surface area contributed by atoms with E-state index in [9.17, 15) is 9.59 Å². The molecule has 3 aromatic rings. The van der Waals surface area contributed by atoms with Crippen LogP contribution in [0.2, 0.25) is 0 Å². The summed E-state index contributed by atoms with van der Waals surface area (Å²) >= 11 is 0. The van der Waals surface area contributed by atoms with E-state index in [1.807, 2.05) is 57.0 Å². The smallest absolute Gasteiger partial charge is 0.260 e. The predicted octanol–water partition coefficient (Wildman–Crippen LogP) is 4.12. The van der Waals surface area contributed by atoms with Crippen molar-refractivity contribution in [3.05, 3.63) is 52.8 Å². The third kappa shape index (κ3) is 5.06. The molecule has 8 nitrogen and oxygen atoms in total. The minimum Gasteiger partial charge on any atom is -0.481 e. The van der Waals surface area contributed by atoms with Crippen LogP contribution < -0.4 is 10.1 Å². The lowest BCUT2D eigenvalue weighted by Gasteiger charge is -2.42. The first-order chi connectivity index (χ1) is 17.8. The molecule has 0 bridgehead atoms. The van der Waals surface area contributed by atoms with Crippen molar-refractivity contribution in [1.82, 2.24) is 25.0 Å². The molecule has 2 aliphatic rings. The molecule has 1 N–H and O–H groups in total. The number of amides is 2. The van der Waals surface area contributed by atoms with Gasteiger partial charge in [-0.15, -0.1) is 0 Å². The molecule has 196 valence electrons. The lowest BCUT2D eigenvalue weighted by molar-refractivity contribution is -0.128. The molecule has 2 aliphatic heterocycles. The maximum atomic E-state index is 13.7. The first-order valence-corrected chi connectivity index (χ1v) is 13.4. The highest BCUT2D eigenvalue weighted by Gasteiger charge is 2.37. The van der Waals surface area contributed by atoms with Gasteiger partial charge < -0.3 is 15.0 Å². The molecule has 5 rings (SSSR count). The molecule has 1 saturated heterocycles. The topological polar surface area (TPSA) is 89.4 Å².